The van der Waals surface area contributed by atoms with Crippen LogP contribution in [-0.2, 0) is 13.1 Å². The van der Waals surface area contributed by atoms with Gasteiger partial charge in [0.1, 0.15) is 6.54 Å². The number of nitrogens with one attached hydrogen (secondary N) is 2. The van der Waals surface area contributed by atoms with Crippen LogP contribution in [0, 0.1) is 0 Å². The van der Waals surface area contributed by atoms with Crippen molar-refractivity contribution in [2.45, 2.75) is 13.1 Å². The number of aromatic amines is 1. The zero-order valence-corrected chi connectivity index (χ0v) is 14.3. The molecule has 126 valence electrons. The SMILES string of the molecule is C[NH+](Cc1nc2ccccc2c(=O)[nH]1)Cc1nnc(-c2cccs2)o1. The Morgan fingerprint density at radius 3 is 2.88 bits per heavy atom. The summed E-state index contributed by atoms with van der Waals surface area (Å²) in [7, 11) is 1.99. The van der Waals surface area contributed by atoms with Crippen LogP contribution < -0.4 is 10.5 Å². The molecule has 2 N–H and O–H groups in total. The normalized spacial score (nSPS) is 12.5. The third-order valence-electron chi connectivity index (χ3n) is 3.78. The van der Waals surface area contributed by atoms with Crippen LogP contribution in [0.1, 0.15) is 11.7 Å². The van der Waals surface area contributed by atoms with Gasteiger partial charge in [0.05, 0.1) is 22.8 Å². The van der Waals surface area contributed by atoms with Crippen LogP contribution >= 0.6 is 11.3 Å². The first kappa shape index (κ1) is 15.7. The van der Waals surface area contributed by atoms with Gasteiger partial charge in [0.2, 0.25) is 0 Å². The second-order valence-electron chi connectivity index (χ2n) is 5.82. The summed E-state index contributed by atoms with van der Waals surface area (Å²) < 4.78 is 5.71. The van der Waals surface area contributed by atoms with Crippen LogP contribution in [0.5, 0.6) is 0 Å². The van der Waals surface area contributed by atoms with Gasteiger partial charge < -0.3 is 14.3 Å². The third-order valence-corrected chi connectivity index (χ3v) is 4.64. The first-order valence-corrected chi connectivity index (χ1v) is 8.72. The van der Waals surface area contributed by atoms with Crippen molar-refractivity contribution in [3.63, 3.8) is 0 Å². The van der Waals surface area contributed by atoms with Gasteiger partial charge in [-0.2, -0.15) is 0 Å². The van der Waals surface area contributed by atoms with Gasteiger partial charge in [-0.15, -0.1) is 21.5 Å². The predicted octanol–water partition coefficient (Wildman–Crippen LogP) is 1.25. The molecule has 0 saturated heterocycles. The van der Waals surface area contributed by atoms with E-state index in [4.69, 9.17) is 4.42 Å². The number of benzene rings is 1. The Labute approximate surface area is 147 Å². The van der Waals surface area contributed by atoms with Crippen molar-refractivity contribution in [3.05, 3.63) is 63.8 Å². The maximum Gasteiger partial charge on any atom is 0.271 e. The second-order valence-corrected chi connectivity index (χ2v) is 6.77. The minimum Gasteiger partial charge on any atom is -0.414 e. The quantitative estimate of drug-likeness (QED) is 0.563. The van der Waals surface area contributed by atoms with Crippen LogP contribution in [0.15, 0.2) is 51.0 Å². The summed E-state index contributed by atoms with van der Waals surface area (Å²) in [4.78, 5) is 21.5. The zero-order chi connectivity index (χ0) is 17.2. The van der Waals surface area contributed by atoms with Gasteiger partial charge in [-0.3, -0.25) is 4.79 Å². The van der Waals surface area contributed by atoms with E-state index in [0.717, 1.165) is 9.78 Å². The summed E-state index contributed by atoms with van der Waals surface area (Å²) in [5, 5.41) is 10.7. The molecule has 0 bridgehead atoms. The molecule has 3 aromatic heterocycles. The molecule has 0 aliphatic heterocycles. The third kappa shape index (κ3) is 3.35. The van der Waals surface area contributed by atoms with E-state index in [0.29, 0.717) is 41.6 Å². The number of H-pyrrole nitrogens is 1. The molecule has 1 unspecified atom stereocenters. The molecule has 8 heteroatoms. The lowest BCUT2D eigenvalue weighted by atomic mass is 10.2. The Morgan fingerprint density at radius 1 is 1.16 bits per heavy atom. The molecule has 25 heavy (non-hydrogen) atoms. The lowest BCUT2D eigenvalue weighted by Gasteiger charge is -2.11. The number of rotatable bonds is 5. The molecule has 0 saturated carbocycles. The average Bonchev–Trinajstić information content (AvgIpc) is 3.26. The van der Waals surface area contributed by atoms with Crippen LogP contribution in [0.25, 0.3) is 21.7 Å². The molecule has 4 rings (SSSR count). The Balaban J connectivity index is 1.49. The molecule has 0 aliphatic rings. The van der Waals surface area contributed by atoms with Crippen LogP contribution in [0.3, 0.4) is 0 Å². The Kier molecular flexibility index (Phi) is 4.12. The highest BCUT2D eigenvalue weighted by Gasteiger charge is 2.15. The van der Waals surface area contributed by atoms with Gasteiger partial charge >= 0.3 is 0 Å². The molecule has 0 amide bonds. The molecule has 4 aromatic rings. The van der Waals surface area contributed by atoms with Crippen molar-refractivity contribution in [1.29, 1.82) is 0 Å². The summed E-state index contributed by atoms with van der Waals surface area (Å²) >= 11 is 1.56. The first-order valence-electron chi connectivity index (χ1n) is 7.84. The minimum absolute atomic E-state index is 0.119. The molecule has 3 heterocycles. The van der Waals surface area contributed by atoms with E-state index in [9.17, 15) is 4.79 Å². The molecule has 0 radical (unpaired) electrons. The van der Waals surface area contributed by atoms with Crippen molar-refractivity contribution in [1.82, 2.24) is 20.2 Å². The number of hydrogen-bond donors (Lipinski definition) is 2. The molecule has 0 fully saturated rings. The Morgan fingerprint density at radius 2 is 2.04 bits per heavy atom. The molecular formula is C17H16N5O2S+. The highest BCUT2D eigenvalue weighted by Crippen LogP contribution is 2.22. The number of thiophene rings is 1. The molecular weight excluding hydrogens is 338 g/mol. The summed E-state index contributed by atoms with van der Waals surface area (Å²) in [5.74, 6) is 1.73. The maximum atomic E-state index is 12.1. The van der Waals surface area contributed by atoms with Gasteiger partial charge in [-0.05, 0) is 23.6 Å². The second kappa shape index (κ2) is 6.58. The molecule has 1 aromatic carbocycles. The van der Waals surface area contributed by atoms with Gasteiger partial charge in [-0.25, -0.2) is 4.98 Å². The van der Waals surface area contributed by atoms with Crippen molar-refractivity contribution in [2.75, 3.05) is 7.05 Å². The average molecular weight is 354 g/mol. The van der Waals surface area contributed by atoms with E-state index in [1.165, 1.54) is 0 Å². The summed E-state index contributed by atoms with van der Waals surface area (Å²) in [6.07, 6.45) is 0. The van der Waals surface area contributed by atoms with Crippen molar-refractivity contribution in [2.24, 2.45) is 0 Å². The number of fused-ring (bicyclic) bond motifs is 1. The Hall–Kier alpha value is -2.84. The van der Waals surface area contributed by atoms with Crippen molar-refractivity contribution in [3.8, 4) is 10.8 Å². The van der Waals surface area contributed by atoms with E-state index in [-0.39, 0.29) is 5.56 Å². The van der Waals surface area contributed by atoms with Crippen LogP contribution in [0.2, 0.25) is 0 Å². The lowest BCUT2D eigenvalue weighted by Crippen LogP contribution is -3.06. The van der Waals surface area contributed by atoms with E-state index >= 15 is 0 Å². The Bertz CT molecular complexity index is 1050. The molecule has 1 atom stereocenters. The van der Waals surface area contributed by atoms with Crippen LogP contribution in [0.4, 0.5) is 0 Å². The van der Waals surface area contributed by atoms with Crippen LogP contribution in [-0.4, -0.2) is 27.2 Å². The van der Waals surface area contributed by atoms with E-state index < -0.39 is 0 Å². The van der Waals surface area contributed by atoms with Crippen molar-refractivity contribution < 1.29 is 9.32 Å². The minimum atomic E-state index is -0.119. The molecule has 0 aliphatic carbocycles. The van der Waals surface area contributed by atoms with E-state index in [1.54, 1.807) is 17.4 Å². The van der Waals surface area contributed by atoms with E-state index in [1.807, 2.05) is 42.8 Å². The fraction of sp³-hybridized carbons (Fsp3) is 0.176. The lowest BCUT2D eigenvalue weighted by molar-refractivity contribution is -0.909. The predicted molar refractivity (Wildman–Crippen MR) is 94.3 cm³/mol. The zero-order valence-electron chi connectivity index (χ0n) is 13.5. The highest BCUT2D eigenvalue weighted by molar-refractivity contribution is 7.13. The van der Waals surface area contributed by atoms with Gasteiger partial charge in [0.15, 0.2) is 12.4 Å². The standard InChI is InChI=1S/C17H15N5O2S/c1-22(10-15-20-21-17(24-15)13-7-4-8-25-13)9-14-18-12-6-3-2-5-11(12)16(23)19-14/h2-8H,9-10H2,1H3,(H,18,19,23)/p+1. The van der Waals surface area contributed by atoms with Gasteiger partial charge in [-0.1, -0.05) is 18.2 Å². The smallest absolute Gasteiger partial charge is 0.271 e. The number of hydrogen-bond acceptors (Lipinski definition) is 6. The number of para-hydroxylation sites is 1. The summed E-state index contributed by atoms with van der Waals surface area (Å²) in [6, 6.07) is 11.2. The largest absolute Gasteiger partial charge is 0.414 e. The monoisotopic (exact) mass is 354 g/mol. The van der Waals surface area contributed by atoms with E-state index in [2.05, 4.69) is 20.2 Å². The maximum absolute atomic E-state index is 12.1. The summed E-state index contributed by atoms with van der Waals surface area (Å²) in [5.41, 5.74) is 0.581. The van der Waals surface area contributed by atoms with Gasteiger partial charge in [0.25, 0.3) is 17.3 Å². The molecule has 7 nitrogen and oxygen atoms in total. The highest BCUT2D eigenvalue weighted by atomic mass is 32.1. The van der Waals surface area contributed by atoms with Gasteiger partial charge in [0, 0.05) is 0 Å². The van der Waals surface area contributed by atoms with Crippen molar-refractivity contribution >= 4 is 22.2 Å². The first-order chi connectivity index (χ1) is 12.2. The fourth-order valence-corrected chi connectivity index (χ4v) is 3.29. The molecule has 0 spiro atoms. The topological polar surface area (TPSA) is 89.1 Å². The number of aromatic nitrogens is 4. The number of nitrogens with zero attached hydrogens (tertiary/aromatic N) is 3. The number of quaternary nitrogens is 1. The fourth-order valence-electron chi connectivity index (χ4n) is 2.65. The summed E-state index contributed by atoms with van der Waals surface area (Å²) in [6.45, 7) is 1.10.